The Morgan fingerprint density at radius 2 is 1.88 bits per heavy atom. The first-order valence-electron chi connectivity index (χ1n) is 8.62. The Balaban J connectivity index is 1.68. The molecule has 0 N–H and O–H groups in total. The van der Waals surface area contributed by atoms with Crippen LogP contribution in [0, 0.1) is 6.92 Å². The summed E-state index contributed by atoms with van der Waals surface area (Å²) in [5.41, 5.74) is 1.37. The van der Waals surface area contributed by atoms with Crippen LogP contribution in [0.15, 0.2) is 39.8 Å². The summed E-state index contributed by atoms with van der Waals surface area (Å²) in [6, 6.07) is 8.04. The van der Waals surface area contributed by atoms with Crippen LogP contribution in [-0.4, -0.2) is 54.7 Å². The second kappa shape index (κ2) is 7.69. The molecule has 26 heavy (non-hydrogen) atoms. The van der Waals surface area contributed by atoms with Crippen molar-refractivity contribution in [2.45, 2.75) is 31.7 Å². The summed E-state index contributed by atoms with van der Waals surface area (Å²) in [5, 5.41) is 4.00. The van der Waals surface area contributed by atoms with Gasteiger partial charge in [-0.15, -0.1) is 0 Å². The molecule has 140 valence electrons. The monoisotopic (exact) mass is 377 g/mol. The number of sulfonamides is 1. The van der Waals surface area contributed by atoms with Crippen LogP contribution < -0.4 is 0 Å². The molecule has 1 aromatic heterocycles. The molecule has 0 saturated carbocycles. The van der Waals surface area contributed by atoms with Crippen molar-refractivity contribution in [2.24, 2.45) is 0 Å². The van der Waals surface area contributed by atoms with Gasteiger partial charge in [0.15, 0.2) is 5.78 Å². The van der Waals surface area contributed by atoms with E-state index in [2.05, 4.69) is 10.1 Å². The molecule has 0 unspecified atom stereocenters. The molecule has 0 spiro atoms. The van der Waals surface area contributed by atoms with E-state index >= 15 is 0 Å². The fourth-order valence-corrected chi connectivity index (χ4v) is 4.55. The molecule has 0 bridgehead atoms. The summed E-state index contributed by atoms with van der Waals surface area (Å²) in [5.74, 6) is 0.690. The van der Waals surface area contributed by atoms with Crippen molar-refractivity contribution in [3.63, 3.8) is 0 Å². The number of carbonyl (C=O) groups is 1. The largest absolute Gasteiger partial charge is 0.361 e. The number of carbonyl (C=O) groups excluding carboxylic acids is 1. The number of benzene rings is 1. The average Bonchev–Trinajstić information content (AvgIpc) is 2.87. The van der Waals surface area contributed by atoms with Crippen LogP contribution >= 0.6 is 0 Å². The van der Waals surface area contributed by atoms with Crippen molar-refractivity contribution < 1.29 is 17.7 Å². The normalized spacial score (nSPS) is 17.2. The first-order valence-corrected chi connectivity index (χ1v) is 10.1. The van der Waals surface area contributed by atoms with E-state index in [1.54, 1.807) is 12.1 Å². The van der Waals surface area contributed by atoms with E-state index in [0.29, 0.717) is 31.7 Å². The van der Waals surface area contributed by atoms with Gasteiger partial charge >= 0.3 is 0 Å². The highest BCUT2D eigenvalue weighted by molar-refractivity contribution is 7.89. The first-order chi connectivity index (χ1) is 12.4. The van der Waals surface area contributed by atoms with E-state index in [1.165, 1.54) is 23.4 Å². The van der Waals surface area contributed by atoms with Crippen LogP contribution in [0.25, 0.3) is 0 Å². The van der Waals surface area contributed by atoms with Gasteiger partial charge in [-0.05, 0) is 38.9 Å². The van der Waals surface area contributed by atoms with Crippen LogP contribution in [0.3, 0.4) is 0 Å². The summed E-state index contributed by atoms with van der Waals surface area (Å²) in [7, 11) is -3.56. The van der Waals surface area contributed by atoms with E-state index < -0.39 is 10.0 Å². The highest BCUT2D eigenvalue weighted by Gasteiger charge is 2.27. The third kappa shape index (κ3) is 4.20. The topological polar surface area (TPSA) is 83.7 Å². The van der Waals surface area contributed by atoms with Gasteiger partial charge in [0.2, 0.25) is 10.0 Å². The van der Waals surface area contributed by atoms with Crippen molar-refractivity contribution in [1.29, 1.82) is 0 Å². The Morgan fingerprint density at radius 1 is 1.15 bits per heavy atom. The Bertz CT molecular complexity index is 874. The van der Waals surface area contributed by atoms with E-state index in [9.17, 15) is 13.2 Å². The molecule has 1 fully saturated rings. The summed E-state index contributed by atoms with van der Waals surface area (Å²) in [6.45, 7) is 6.31. The zero-order valence-corrected chi connectivity index (χ0v) is 15.8. The lowest BCUT2D eigenvalue weighted by Crippen LogP contribution is -2.35. The van der Waals surface area contributed by atoms with E-state index in [0.717, 1.165) is 24.4 Å². The third-order valence-corrected chi connectivity index (χ3v) is 6.42. The Morgan fingerprint density at radius 3 is 2.50 bits per heavy atom. The second-order valence-electron chi connectivity index (χ2n) is 6.54. The molecule has 1 aromatic carbocycles. The van der Waals surface area contributed by atoms with Crippen molar-refractivity contribution in [1.82, 2.24) is 14.4 Å². The molecule has 0 radical (unpaired) electrons. The predicted molar refractivity (Wildman–Crippen MR) is 96.3 cm³/mol. The van der Waals surface area contributed by atoms with Gasteiger partial charge in [-0.2, -0.15) is 4.31 Å². The van der Waals surface area contributed by atoms with Gasteiger partial charge in [-0.3, -0.25) is 9.69 Å². The quantitative estimate of drug-likeness (QED) is 0.742. The number of hydrogen-bond acceptors (Lipinski definition) is 6. The minimum atomic E-state index is -3.56. The molecule has 1 aliphatic rings. The Labute approximate surface area is 153 Å². The SMILES string of the molecule is CC(=O)c1ccc(S(=O)(=O)N2CCCN(Cc3cc(C)on3)CC2)cc1. The van der Waals surface area contributed by atoms with Gasteiger partial charge in [0.1, 0.15) is 5.76 Å². The van der Waals surface area contributed by atoms with Crippen molar-refractivity contribution in [3.8, 4) is 0 Å². The fraction of sp³-hybridized carbons (Fsp3) is 0.444. The summed E-state index contributed by atoms with van der Waals surface area (Å²) in [4.78, 5) is 13.8. The van der Waals surface area contributed by atoms with E-state index in [1.807, 2.05) is 13.0 Å². The molecular weight excluding hydrogens is 354 g/mol. The molecule has 2 aromatic rings. The van der Waals surface area contributed by atoms with Crippen molar-refractivity contribution in [2.75, 3.05) is 26.2 Å². The number of aryl methyl sites for hydroxylation is 1. The van der Waals surface area contributed by atoms with Gasteiger partial charge in [0, 0.05) is 37.8 Å². The highest BCUT2D eigenvalue weighted by atomic mass is 32.2. The number of ketones is 1. The number of nitrogens with zero attached hydrogens (tertiary/aromatic N) is 3. The number of hydrogen-bond donors (Lipinski definition) is 0. The lowest BCUT2D eigenvalue weighted by Gasteiger charge is -2.21. The standard InChI is InChI=1S/C18H23N3O4S/c1-14-12-17(19-25-14)13-20-8-3-9-21(11-10-20)26(23,24)18-6-4-16(5-7-18)15(2)22/h4-7,12H,3,8-11,13H2,1-2H3. The molecule has 3 rings (SSSR count). The molecule has 1 aliphatic heterocycles. The van der Waals surface area contributed by atoms with Gasteiger partial charge in [0.25, 0.3) is 0 Å². The van der Waals surface area contributed by atoms with Gasteiger partial charge in [0.05, 0.1) is 10.6 Å². The van der Waals surface area contributed by atoms with Gasteiger partial charge in [-0.25, -0.2) is 8.42 Å². The maximum atomic E-state index is 12.9. The van der Waals surface area contributed by atoms with Crippen LogP contribution in [0.2, 0.25) is 0 Å². The zero-order valence-electron chi connectivity index (χ0n) is 15.0. The first kappa shape index (κ1) is 18.8. The predicted octanol–water partition coefficient (Wildman–Crippen LogP) is 2.08. The van der Waals surface area contributed by atoms with E-state index in [4.69, 9.17) is 4.52 Å². The average molecular weight is 377 g/mol. The summed E-state index contributed by atoms with van der Waals surface area (Å²) in [6.07, 6.45) is 0.752. The van der Waals surface area contributed by atoms with Crippen molar-refractivity contribution in [3.05, 3.63) is 47.3 Å². The van der Waals surface area contributed by atoms with Crippen LogP contribution in [0.5, 0.6) is 0 Å². The fourth-order valence-electron chi connectivity index (χ4n) is 3.08. The second-order valence-corrected chi connectivity index (χ2v) is 8.48. The molecule has 2 heterocycles. The molecule has 7 nitrogen and oxygen atoms in total. The Hall–Kier alpha value is -2.03. The molecular formula is C18H23N3O4S. The minimum absolute atomic E-state index is 0.0811. The Kier molecular flexibility index (Phi) is 5.55. The zero-order chi connectivity index (χ0) is 18.7. The number of aromatic nitrogens is 1. The number of rotatable bonds is 5. The molecule has 8 heteroatoms. The van der Waals surface area contributed by atoms with Gasteiger partial charge < -0.3 is 4.52 Å². The van der Waals surface area contributed by atoms with Crippen LogP contribution in [0.1, 0.15) is 35.2 Å². The lowest BCUT2D eigenvalue weighted by atomic mass is 10.2. The molecule has 0 atom stereocenters. The maximum absolute atomic E-state index is 12.9. The van der Waals surface area contributed by atoms with Crippen molar-refractivity contribution >= 4 is 15.8 Å². The molecule has 1 saturated heterocycles. The van der Waals surface area contributed by atoms with Gasteiger partial charge in [-0.1, -0.05) is 17.3 Å². The smallest absolute Gasteiger partial charge is 0.243 e. The summed E-state index contributed by atoms with van der Waals surface area (Å²) < 4.78 is 32.4. The lowest BCUT2D eigenvalue weighted by molar-refractivity contribution is 0.101. The molecule has 0 amide bonds. The highest BCUT2D eigenvalue weighted by Crippen LogP contribution is 2.19. The minimum Gasteiger partial charge on any atom is -0.361 e. The van der Waals surface area contributed by atoms with Crippen LogP contribution in [-0.2, 0) is 16.6 Å². The maximum Gasteiger partial charge on any atom is 0.243 e. The van der Waals surface area contributed by atoms with Crippen LogP contribution in [0.4, 0.5) is 0 Å². The third-order valence-electron chi connectivity index (χ3n) is 4.51. The molecule has 0 aliphatic carbocycles. The number of Topliss-reactive ketones (excluding diaryl/α,β-unsaturated/α-hetero) is 1. The summed E-state index contributed by atoms with van der Waals surface area (Å²) >= 11 is 0. The van der Waals surface area contributed by atoms with E-state index in [-0.39, 0.29) is 10.7 Å².